The van der Waals surface area contributed by atoms with Gasteiger partial charge in [-0.3, -0.25) is 9.59 Å². The molecular formula is C14H21NO4. The molecule has 1 aromatic heterocycles. The first-order chi connectivity index (χ1) is 9.04. The largest absolute Gasteiger partial charge is 0.469 e. The smallest absolute Gasteiger partial charge is 0.307 e. The molecule has 1 N–H and O–H groups in total. The first-order valence-electron chi connectivity index (χ1n) is 6.42. The Morgan fingerprint density at radius 2 is 2.16 bits per heavy atom. The number of hydrogen-bond acceptors (Lipinski definition) is 5. The van der Waals surface area contributed by atoms with Crippen LogP contribution in [-0.2, 0) is 9.53 Å². The van der Waals surface area contributed by atoms with Crippen LogP contribution in [-0.4, -0.2) is 31.4 Å². The van der Waals surface area contributed by atoms with Crippen molar-refractivity contribution in [2.24, 2.45) is 5.92 Å². The number of furan rings is 1. The minimum Gasteiger partial charge on any atom is -0.469 e. The normalized spacial score (nSPS) is 12.4. The van der Waals surface area contributed by atoms with Crippen LogP contribution in [0, 0.1) is 5.92 Å². The summed E-state index contributed by atoms with van der Waals surface area (Å²) in [5, 5.41) is 3.09. The fourth-order valence-electron chi connectivity index (χ4n) is 1.64. The predicted molar refractivity (Wildman–Crippen MR) is 70.9 cm³/mol. The highest BCUT2D eigenvalue weighted by atomic mass is 16.5. The minimum absolute atomic E-state index is 0.00806. The lowest BCUT2D eigenvalue weighted by molar-refractivity contribution is -0.140. The summed E-state index contributed by atoms with van der Waals surface area (Å²) < 4.78 is 9.69. The van der Waals surface area contributed by atoms with Crippen molar-refractivity contribution in [1.29, 1.82) is 0 Å². The Kier molecular flexibility index (Phi) is 6.29. The van der Waals surface area contributed by atoms with E-state index in [0.717, 1.165) is 6.42 Å². The van der Waals surface area contributed by atoms with E-state index in [1.165, 1.54) is 13.4 Å². The Hall–Kier alpha value is -1.62. The zero-order valence-corrected chi connectivity index (χ0v) is 11.6. The molecule has 1 rings (SSSR count). The van der Waals surface area contributed by atoms with Crippen LogP contribution in [0.25, 0.3) is 0 Å². The van der Waals surface area contributed by atoms with Crippen molar-refractivity contribution in [3.63, 3.8) is 0 Å². The van der Waals surface area contributed by atoms with Crippen LogP contribution in [0.2, 0.25) is 0 Å². The maximum absolute atomic E-state index is 12.2. The van der Waals surface area contributed by atoms with E-state index in [1.807, 2.05) is 0 Å². The van der Waals surface area contributed by atoms with E-state index in [9.17, 15) is 9.59 Å². The molecule has 1 heterocycles. The monoisotopic (exact) mass is 267 g/mol. The van der Waals surface area contributed by atoms with Gasteiger partial charge in [0.05, 0.1) is 25.8 Å². The molecular weight excluding hydrogens is 246 g/mol. The third kappa shape index (κ3) is 5.26. The Bertz CT molecular complexity index is 398. The number of ether oxygens (including phenoxy) is 1. The van der Waals surface area contributed by atoms with Gasteiger partial charge in [-0.25, -0.2) is 0 Å². The second kappa shape index (κ2) is 7.74. The first kappa shape index (κ1) is 15.4. The number of ketones is 1. The number of carbonyl (C=O) groups is 2. The highest BCUT2D eigenvalue weighted by Crippen LogP contribution is 2.08. The standard InChI is InChI=1S/C14H21NO4/c1-10(2)6-7-15-11(9-13(16)18-3)14(17)12-5-4-8-19-12/h4-5,8,10-11,15H,6-7,9H2,1-3H3. The van der Waals surface area contributed by atoms with E-state index < -0.39 is 12.0 Å². The Labute approximate surface area is 113 Å². The van der Waals surface area contributed by atoms with Gasteiger partial charge in [0.25, 0.3) is 0 Å². The average molecular weight is 267 g/mol. The van der Waals surface area contributed by atoms with Gasteiger partial charge in [-0.1, -0.05) is 13.8 Å². The maximum atomic E-state index is 12.2. The summed E-state index contributed by atoms with van der Waals surface area (Å²) in [6, 6.07) is 2.64. The fourth-order valence-corrected chi connectivity index (χ4v) is 1.64. The summed E-state index contributed by atoms with van der Waals surface area (Å²) in [7, 11) is 1.31. The minimum atomic E-state index is -0.600. The van der Waals surface area contributed by atoms with Crippen molar-refractivity contribution in [3.8, 4) is 0 Å². The molecule has 5 nitrogen and oxygen atoms in total. The van der Waals surface area contributed by atoms with E-state index in [-0.39, 0.29) is 18.0 Å². The van der Waals surface area contributed by atoms with Gasteiger partial charge in [0.15, 0.2) is 5.76 Å². The van der Waals surface area contributed by atoms with Crippen molar-refractivity contribution in [2.75, 3.05) is 13.7 Å². The quantitative estimate of drug-likeness (QED) is 0.576. The molecule has 106 valence electrons. The Balaban J connectivity index is 2.63. The summed E-state index contributed by atoms with van der Waals surface area (Å²) in [6.07, 6.45) is 2.38. The SMILES string of the molecule is COC(=O)CC(NCCC(C)C)C(=O)c1ccco1. The summed E-state index contributed by atoms with van der Waals surface area (Å²) >= 11 is 0. The third-order valence-electron chi connectivity index (χ3n) is 2.79. The summed E-state index contributed by atoms with van der Waals surface area (Å²) in [6.45, 7) is 4.88. The molecule has 0 aliphatic rings. The second-order valence-electron chi connectivity index (χ2n) is 4.81. The van der Waals surface area contributed by atoms with Gasteiger partial charge in [-0.2, -0.15) is 0 Å². The van der Waals surface area contributed by atoms with Crippen molar-refractivity contribution in [1.82, 2.24) is 5.32 Å². The average Bonchev–Trinajstić information content (AvgIpc) is 2.89. The van der Waals surface area contributed by atoms with Crippen LogP contribution in [0.3, 0.4) is 0 Å². The van der Waals surface area contributed by atoms with Crippen LogP contribution < -0.4 is 5.32 Å². The van der Waals surface area contributed by atoms with E-state index in [1.54, 1.807) is 12.1 Å². The van der Waals surface area contributed by atoms with Crippen LogP contribution in [0.4, 0.5) is 0 Å². The molecule has 0 aromatic carbocycles. The van der Waals surface area contributed by atoms with E-state index >= 15 is 0 Å². The van der Waals surface area contributed by atoms with Crippen LogP contribution >= 0.6 is 0 Å². The molecule has 0 aliphatic carbocycles. The lowest BCUT2D eigenvalue weighted by Gasteiger charge is -2.16. The van der Waals surface area contributed by atoms with Gasteiger partial charge in [0, 0.05) is 0 Å². The molecule has 0 radical (unpaired) electrons. The molecule has 1 unspecified atom stereocenters. The third-order valence-corrected chi connectivity index (χ3v) is 2.79. The van der Waals surface area contributed by atoms with Gasteiger partial charge in [0.2, 0.25) is 5.78 Å². The number of methoxy groups -OCH3 is 1. The molecule has 0 saturated heterocycles. The van der Waals surface area contributed by atoms with Gasteiger partial charge in [-0.05, 0) is 31.0 Å². The first-order valence-corrected chi connectivity index (χ1v) is 6.42. The van der Waals surface area contributed by atoms with Crippen molar-refractivity contribution in [3.05, 3.63) is 24.2 Å². The molecule has 0 bridgehead atoms. The summed E-state index contributed by atoms with van der Waals surface area (Å²) in [4.78, 5) is 23.5. The van der Waals surface area contributed by atoms with Crippen molar-refractivity contribution >= 4 is 11.8 Å². The number of esters is 1. The van der Waals surface area contributed by atoms with Gasteiger partial charge in [-0.15, -0.1) is 0 Å². The van der Waals surface area contributed by atoms with Gasteiger partial charge >= 0.3 is 5.97 Å². The number of rotatable bonds is 8. The zero-order valence-electron chi connectivity index (χ0n) is 11.6. The Morgan fingerprint density at radius 3 is 2.68 bits per heavy atom. The molecule has 0 saturated carbocycles. The number of Topliss-reactive ketones (excluding diaryl/α,β-unsaturated/α-hetero) is 1. The lowest BCUT2D eigenvalue weighted by atomic mass is 10.1. The number of hydrogen-bond donors (Lipinski definition) is 1. The number of nitrogens with one attached hydrogen (secondary N) is 1. The highest BCUT2D eigenvalue weighted by Gasteiger charge is 2.24. The van der Waals surface area contributed by atoms with Crippen LogP contribution in [0.15, 0.2) is 22.8 Å². The van der Waals surface area contributed by atoms with E-state index in [2.05, 4.69) is 23.9 Å². The van der Waals surface area contributed by atoms with Crippen LogP contribution in [0.5, 0.6) is 0 Å². The molecule has 1 aromatic rings. The van der Waals surface area contributed by atoms with Gasteiger partial charge < -0.3 is 14.5 Å². The molecule has 0 amide bonds. The molecule has 19 heavy (non-hydrogen) atoms. The second-order valence-corrected chi connectivity index (χ2v) is 4.81. The lowest BCUT2D eigenvalue weighted by Crippen LogP contribution is -2.39. The van der Waals surface area contributed by atoms with Crippen molar-refractivity contribution < 1.29 is 18.7 Å². The zero-order chi connectivity index (χ0) is 14.3. The highest BCUT2D eigenvalue weighted by molar-refractivity contribution is 5.99. The predicted octanol–water partition coefficient (Wildman–Crippen LogP) is 2.03. The van der Waals surface area contributed by atoms with Crippen LogP contribution in [0.1, 0.15) is 37.2 Å². The van der Waals surface area contributed by atoms with E-state index in [0.29, 0.717) is 12.5 Å². The molecule has 0 fully saturated rings. The fraction of sp³-hybridized carbons (Fsp3) is 0.571. The molecule has 5 heteroatoms. The topological polar surface area (TPSA) is 68.5 Å². The van der Waals surface area contributed by atoms with Gasteiger partial charge in [0.1, 0.15) is 0 Å². The Morgan fingerprint density at radius 1 is 1.42 bits per heavy atom. The van der Waals surface area contributed by atoms with Crippen molar-refractivity contribution in [2.45, 2.75) is 32.7 Å². The van der Waals surface area contributed by atoms with E-state index in [4.69, 9.17) is 4.42 Å². The molecule has 0 aliphatic heterocycles. The molecule has 0 spiro atoms. The summed E-state index contributed by atoms with van der Waals surface area (Å²) in [5.41, 5.74) is 0. The maximum Gasteiger partial charge on any atom is 0.307 e. The molecule has 1 atom stereocenters. The number of carbonyl (C=O) groups excluding carboxylic acids is 2. The summed E-state index contributed by atoms with van der Waals surface area (Å²) in [5.74, 6) is 0.150.